The molecule has 1 amide bonds. The van der Waals surface area contributed by atoms with Crippen molar-refractivity contribution in [3.8, 4) is 11.8 Å². The third-order valence-electron chi connectivity index (χ3n) is 3.37. The Bertz CT molecular complexity index is 507. The number of nitrogens with two attached hydrogens (primary N) is 1. The molecule has 1 saturated carbocycles. The molecule has 1 fully saturated rings. The summed E-state index contributed by atoms with van der Waals surface area (Å²) >= 11 is 0. The van der Waals surface area contributed by atoms with Crippen molar-refractivity contribution in [2.75, 3.05) is 6.54 Å². The lowest BCUT2D eigenvalue weighted by Crippen LogP contribution is -2.51. The van der Waals surface area contributed by atoms with Crippen LogP contribution in [0.5, 0.6) is 0 Å². The molecule has 0 heterocycles. The topological polar surface area (TPSA) is 55.1 Å². The predicted octanol–water partition coefficient (Wildman–Crippen LogP) is 1.67. The average molecular weight is 242 g/mol. The lowest BCUT2D eigenvalue weighted by Gasteiger charge is -2.39. The molecule has 0 aromatic heterocycles. The molecule has 1 aliphatic carbocycles. The molecule has 0 atom stereocenters. The molecule has 2 rings (SSSR count). The molecule has 1 aliphatic rings. The predicted molar refractivity (Wildman–Crippen MR) is 72.1 cm³/mol. The Hall–Kier alpha value is -1.79. The first kappa shape index (κ1) is 12.7. The van der Waals surface area contributed by atoms with Crippen LogP contribution in [0, 0.1) is 11.8 Å². The Balaban J connectivity index is 2.19. The van der Waals surface area contributed by atoms with E-state index in [1.165, 1.54) is 6.42 Å². The summed E-state index contributed by atoms with van der Waals surface area (Å²) in [6, 6.07) is 7.38. The van der Waals surface area contributed by atoms with Gasteiger partial charge in [-0.05, 0) is 38.3 Å². The van der Waals surface area contributed by atoms with Gasteiger partial charge in [0.1, 0.15) is 0 Å². The van der Waals surface area contributed by atoms with Gasteiger partial charge in [-0.25, -0.2) is 0 Å². The van der Waals surface area contributed by atoms with Gasteiger partial charge in [-0.1, -0.05) is 24.0 Å². The largest absolute Gasteiger partial charge is 0.347 e. The van der Waals surface area contributed by atoms with Crippen LogP contribution >= 0.6 is 0 Å². The minimum absolute atomic E-state index is 0.0362. The molecule has 18 heavy (non-hydrogen) atoms. The number of rotatable bonds is 2. The quantitative estimate of drug-likeness (QED) is 0.775. The van der Waals surface area contributed by atoms with Gasteiger partial charge in [0.2, 0.25) is 0 Å². The monoisotopic (exact) mass is 242 g/mol. The van der Waals surface area contributed by atoms with Crippen LogP contribution < -0.4 is 11.1 Å². The van der Waals surface area contributed by atoms with E-state index in [0.717, 1.165) is 18.4 Å². The first-order valence-corrected chi connectivity index (χ1v) is 6.25. The number of carbonyl (C=O) groups excluding carboxylic acids is 1. The maximum atomic E-state index is 12.2. The molecule has 94 valence electrons. The van der Waals surface area contributed by atoms with E-state index in [1.807, 2.05) is 18.2 Å². The number of hydrogen-bond donors (Lipinski definition) is 2. The van der Waals surface area contributed by atoms with E-state index in [9.17, 15) is 4.79 Å². The molecule has 1 aromatic carbocycles. The smallest absolute Gasteiger partial charge is 0.252 e. The van der Waals surface area contributed by atoms with E-state index in [0.29, 0.717) is 12.1 Å². The molecule has 3 N–H and O–H groups in total. The van der Waals surface area contributed by atoms with Crippen molar-refractivity contribution in [3.63, 3.8) is 0 Å². The summed E-state index contributed by atoms with van der Waals surface area (Å²) < 4.78 is 0. The van der Waals surface area contributed by atoms with Crippen LogP contribution in [0.1, 0.15) is 42.1 Å². The summed E-state index contributed by atoms with van der Waals surface area (Å²) in [5.41, 5.74) is 6.69. The highest BCUT2D eigenvalue weighted by Gasteiger charge is 2.33. The molecule has 3 nitrogen and oxygen atoms in total. The first-order valence-electron chi connectivity index (χ1n) is 6.25. The van der Waals surface area contributed by atoms with Gasteiger partial charge in [-0.3, -0.25) is 4.79 Å². The highest BCUT2D eigenvalue weighted by molar-refractivity contribution is 5.97. The van der Waals surface area contributed by atoms with Crippen LogP contribution in [0.2, 0.25) is 0 Å². The molecule has 0 unspecified atom stereocenters. The van der Waals surface area contributed by atoms with Gasteiger partial charge < -0.3 is 11.1 Å². The highest BCUT2D eigenvalue weighted by Crippen LogP contribution is 2.31. The van der Waals surface area contributed by atoms with Gasteiger partial charge in [-0.2, -0.15) is 0 Å². The Labute approximate surface area is 108 Å². The first-order chi connectivity index (χ1) is 8.64. The van der Waals surface area contributed by atoms with Crippen molar-refractivity contribution >= 4 is 5.91 Å². The van der Waals surface area contributed by atoms with Gasteiger partial charge in [0.25, 0.3) is 5.91 Å². The Morgan fingerprint density at radius 2 is 2.17 bits per heavy atom. The van der Waals surface area contributed by atoms with Crippen molar-refractivity contribution in [2.45, 2.75) is 31.7 Å². The molecular weight excluding hydrogens is 224 g/mol. The standard InChI is InChI=1S/C15H18N2O/c1-15(9-5-10-15)17-14(18)13-8-3-2-6-12(13)7-4-11-16/h2-3,6,8H,5,9-11,16H2,1H3,(H,17,18). The fourth-order valence-electron chi connectivity index (χ4n) is 2.11. The van der Waals surface area contributed by atoms with E-state index in [1.54, 1.807) is 6.07 Å². The number of hydrogen-bond acceptors (Lipinski definition) is 2. The fraction of sp³-hybridized carbons (Fsp3) is 0.400. The number of benzene rings is 1. The van der Waals surface area contributed by atoms with Gasteiger partial charge in [0, 0.05) is 11.1 Å². The molecule has 0 bridgehead atoms. The van der Waals surface area contributed by atoms with E-state index in [-0.39, 0.29) is 11.4 Å². The van der Waals surface area contributed by atoms with Crippen LogP contribution in [0.4, 0.5) is 0 Å². The summed E-state index contributed by atoms with van der Waals surface area (Å²) in [4.78, 5) is 12.2. The Morgan fingerprint density at radius 3 is 2.78 bits per heavy atom. The van der Waals surface area contributed by atoms with Crippen molar-refractivity contribution in [1.29, 1.82) is 0 Å². The maximum Gasteiger partial charge on any atom is 0.252 e. The van der Waals surface area contributed by atoms with Crippen LogP contribution in [-0.4, -0.2) is 18.0 Å². The number of carbonyl (C=O) groups is 1. The SMILES string of the molecule is CC1(NC(=O)c2ccccc2C#CCN)CCC1. The van der Waals surface area contributed by atoms with Gasteiger partial charge in [0.15, 0.2) is 0 Å². The van der Waals surface area contributed by atoms with Crippen molar-refractivity contribution < 1.29 is 4.79 Å². The highest BCUT2D eigenvalue weighted by atomic mass is 16.1. The minimum atomic E-state index is -0.0425. The average Bonchev–Trinajstić information content (AvgIpc) is 2.34. The molecule has 3 heteroatoms. The third kappa shape index (κ3) is 2.72. The number of nitrogens with one attached hydrogen (secondary N) is 1. The second kappa shape index (κ2) is 5.24. The van der Waals surface area contributed by atoms with Crippen LogP contribution in [-0.2, 0) is 0 Å². The van der Waals surface area contributed by atoms with Crippen molar-refractivity contribution in [1.82, 2.24) is 5.32 Å². The summed E-state index contributed by atoms with van der Waals surface area (Å²) in [5.74, 6) is 5.69. The van der Waals surface area contributed by atoms with Crippen LogP contribution in [0.25, 0.3) is 0 Å². The second-order valence-corrected chi connectivity index (χ2v) is 4.92. The fourth-order valence-corrected chi connectivity index (χ4v) is 2.11. The van der Waals surface area contributed by atoms with Gasteiger partial charge >= 0.3 is 0 Å². The second-order valence-electron chi connectivity index (χ2n) is 4.92. The zero-order valence-electron chi connectivity index (χ0n) is 10.6. The normalized spacial score (nSPS) is 16.1. The van der Waals surface area contributed by atoms with E-state index in [2.05, 4.69) is 24.1 Å². The molecule has 0 aliphatic heterocycles. The molecule has 0 radical (unpaired) electrons. The Kier molecular flexibility index (Phi) is 3.69. The summed E-state index contributed by atoms with van der Waals surface area (Å²) in [6.45, 7) is 2.39. The van der Waals surface area contributed by atoms with Crippen molar-refractivity contribution in [3.05, 3.63) is 35.4 Å². The molecular formula is C15H18N2O. The zero-order valence-corrected chi connectivity index (χ0v) is 10.6. The molecule has 1 aromatic rings. The van der Waals surface area contributed by atoms with E-state index >= 15 is 0 Å². The summed E-state index contributed by atoms with van der Waals surface area (Å²) in [7, 11) is 0. The molecule has 0 spiro atoms. The van der Waals surface area contributed by atoms with Gasteiger partial charge in [-0.15, -0.1) is 0 Å². The third-order valence-corrected chi connectivity index (χ3v) is 3.37. The summed E-state index contributed by atoms with van der Waals surface area (Å²) in [5, 5.41) is 3.09. The van der Waals surface area contributed by atoms with E-state index in [4.69, 9.17) is 5.73 Å². The lowest BCUT2D eigenvalue weighted by atomic mass is 9.78. The Morgan fingerprint density at radius 1 is 1.44 bits per heavy atom. The van der Waals surface area contributed by atoms with Crippen LogP contribution in [0.3, 0.4) is 0 Å². The zero-order chi connectivity index (χ0) is 13.0. The lowest BCUT2D eigenvalue weighted by molar-refractivity contribution is 0.0850. The minimum Gasteiger partial charge on any atom is -0.347 e. The molecule has 0 saturated heterocycles. The van der Waals surface area contributed by atoms with Crippen LogP contribution in [0.15, 0.2) is 24.3 Å². The van der Waals surface area contributed by atoms with Crippen molar-refractivity contribution in [2.24, 2.45) is 5.73 Å². The maximum absolute atomic E-state index is 12.2. The summed E-state index contributed by atoms with van der Waals surface area (Å²) in [6.07, 6.45) is 3.29. The van der Waals surface area contributed by atoms with E-state index < -0.39 is 0 Å². The number of amides is 1. The van der Waals surface area contributed by atoms with Gasteiger partial charge in [0.05, 0.1) is 12.1 Å².